The van der Waals surface area contributed by atoms with Gasteiger partial charge in [0.2, 0.25) is 0 Å². The summed E-state index contributed by atoms with van der Waals surface area (Å²) < 4.78 is 0. The second-order valence-corrected chi connectivity index (χ2v) is 5.02. The maximum atomic E-state index is 11.6. The zero-order chi connectivity index (χ0) is 17.3. The highest BCUT2D eigenvalue weighted by Gasteiger charge is 2.40. The van der Waals surface area contributed by atoms with Gasteiger partial charge in [-0.2, -0.15) is 0 Å². The Kier molecular flexibility index (Phi) is 4.12. The monoisotopic (exact) mass is 319 g/mol. The maximum absolute atomic E-state index is 11.6. The van der Waals surface area contributed by atoms with Crippen LogP contribution in [-0.4, -0.2) is 20.9 Å². The number of allylic oxidation sites excluding steroid dienone is 3. The molecule has 0 radical (unpaired) electrons. The number of carboxylic acid groups (broad SMARTS) is 1. The molecule has 0 unspecified atom stereocenters. The van der Waals surface area contributed by atoms with Gasteiger partial charge in [-0.25, -0.2) is 4.79 Å². The summed E-state index contributed by atoms with van der Waals surface area (Å²) >= 11 is 0. The lowest BCUT2D eigenvalue weighted by Gasteiger charge is -2.25. The molecule has 0 bridgehead atoms. The standard InChI is InChI=1S/C14H13N3O6/c1-7-11(14(18)19)12(13(17(22)23)8(2)15-7)9-4-3-5-10(6-9)16(20)21/h3-6,12,15H,1-2H3,(H,18,19)/t12-/m1/s1. The van der Waals surface area contributed by atoms with Gasteiger partial charge in [0.1, 0.15) is 5.92 Å². The van der Waals surface area contributed by atoms with E-state index in [4.69, 9.17) is 0 Å². The topological polar surface area (TPSA) is 136 Å². The molecular weight excluding hydrogens is 306 g/mol. The van der Waals surface area contributed by atoms with Gasteiger partial charge in [0.05, 0.1) is 21.1 Å². The van der Waals surface area contributed by atoms with E-state index < -0.39 is 21.7 Å². The Morgan fingerprint density at radius 3 is 2.35 bits per heavy atom. The lowest BCUT2D eigenvalue weighted by Crippen LogP contribution is -2.30. The molecule has 1 aliphatic rings. The molecule has 23 heavy (non-hydrogen) atoms. The van der Waals surface area contributed by atoms with Gasteiger partial charge in [0.25, 0.3) is 11.4 Å². The van der Waals surface area contributed by atoms with Crippen LogP contribution in [0.5, 0.6) is 0 Å². The predicted octanol–water partition coefficient (Wildman–Crippen LogP) is 2.15. The normalized spacial score (nSPS) is 17.7. The molecule has 0 amide bonds. The van der Waals surface area contributed by atoms with E-state index in [-0.39, 0.29) is 33.9 Å². The third-order valence-corrected chi connectivity index (χ3v) is 3.57. The van der Waals surface area contributed by atoms with Crippen LogP contribution in [0, 0.1) is 20.2 Å². The fourth-order valence-electron chi connectivity index (χ4n) is 2.65. The van der Waals surface area contributed by atoms with Gasteiger partial charge in [0, 0.05) is 17.8 Å². The number of hydrogen-bond donors (Lipinski definition) is 2. The summed E-state index contributed by atoms with van der Waals surface area (Å²) in [6.07, 6.45) is 0. The van der Waals surface area contributed by atoms with Gasteiger partial charge in [-0.1, -0.05) is 12.1 Å². The van der Waals surface area contributed by atoms with E-state index in [0.29, 0.717) is 0 Å². The summed E-state index contributed by atoms with van der Waals surface area (Å²) in [5, 5.41) is 34.4. The molecule has 0 saturated heterocycles. The number of rotatable bonds is 4. The summed E-state index contributed by atoms with van der Waals surface area (Å²) in [6, 6.07) is 5.21. The summed E-state index contributed by atoms with van der Waals surface area (Å²) in [4.78, 5) is 32.6. The number of dihydropyridines is 1. The Hall–Kier alpha value is -3.23. The molecule has 0 spiro atoms. The Balaban J connectivity index is 2.72. The first kappa shape index (κ1) is 16.1. The van der Waals surface area contributed by atoms with Crippen LogP contribution in [0.2, 0.25) is 0 Å². The van der Waals surface area contributed by atoms with Crippen LogP contribution in [0.1, 0.15) is 25.3 Å². The molecule has 1 aliphatic heterocycles. The van der Waals surface area contributed by atoms with Gasteiger partial charge in [0.15, 0.2) is 0 Å². The smallest absolute Gasteiger partial charge is 0.334 e. The number of nitro groups is 2. The minimum atomic E-state index is -1.32. The van der Waals surface area contributed by atoms with Crippen LogP contribution in [0.4, 0.5) is 5.69 Å². The van der Waals surface area contributed by atoms with Crippen LogP contribution < -0.4 is 5.32 Å². The first-order valence-electron chi connectivity index (χ1n) is 6.54. The average molecular weight is 319 g/mol. The van der Waals surface area contributed by atoms with Crippen molar-refractivity contribution in [2.75, 3.05) is 0 Å². The highest BCUT2D eigenvalue weighted by Crippen LogP contribution is 2.39. The number of carbonyl (C=O) groups is 1. The number of non-ortho nitro benzene ring substituents is 1. The number of carboxylic acids is 1. The molecular formula is C14H13N3O6. The van der Waals surface area contributed by atoms with Gasteiger partial charge >= 0.3 is 5.97 Å². The Morgan fingerprint density at radius 1 is 1.17 bits per heavy atom. The molecule has 1 atom stereocenters. The van der Waals surface area contributed by atoms with Gasteiger partial charge < -0.3 is 10.4 Å². The number of nitrogens with zero attached hydrogens (tertiary/aromatic N) is 2. The second-order valence-electron chi connectivity index (χ2n) is 5.02. The molecule has 9 nitrogen and oxygen atoms in total. The molecule has 1 heterocycles. The van der Waals surface area contributed by atoms with Crippen molar-refractivity contribution in [1.82, 2.24) is 5.32 Å². The van der Waals surface area contributed by atoms with Crippen molar-refractivity contribution in [3.63, 3.8) is 0 Å². The van der Waals surface area contributed by atoms with Crippen molar-refractivity contribution in [2.24, 2.45) is 0 Å². The minimum Gasteiger partial charge on any atom is -0.478 e. The number of benzene rings is 1. The number of hydrogen-bond acceptors (Lipinski definition) is 6. The molecule has 0 fully saturated rings. The lowest BCUT2D eigenvalue weighted by atomic mass is 9.84. The summed E-state index contributed by atoms with van der Waals surface area (Å²) in [7, 11) is 0. The SMILES string of the molecule is CC1=C(C(=O)O)[C@@H](c2cccc([N+](=O)[O-])c2)C([N+](=O)[O-])=C(C)N1. The Bertz CT molecular complexity index is 744. The lowest BCUT2D eigenvalue weighted by molar-refractivity contribution is -0.431. The molecule has 0 saturated carbocycles. The highest BCUT2D eigenvalue weighted by molar-refractivity contribution is 5.90. The average Bonchev–Trinajstić information content (AvgIpc) is 2.45. The third kappa shape index (κ3) is 2.89. The molecule has 1 aromatic carbocycles. The first-order chi connectivity index (χ1) is 10.7. The van der Waals surface area contributed by atoms with E-state index in [9.17, 15) is 30.1 Å². The zero-order valence-electron chi connectivity index (χ0n) is 12.3. The van der Waals surface area contributed by atoms with Crippen molar-refractivity contribution in [2.45, 2.75) is 19.8 Å². The van der Waals surface area contributed by atoms with E-state index >= 15 is 0 Å². The van der Waals surface area contributed by atoms with Gasteiger partial charge in [-0.05, 0) is 19.4 Å². The van der Waals surface area contributed by atoms with Gasteiger partial charge in [-0.15, -0.1) is 0 Å². The van der Waals surface area contributed by atoms with Crippen LogP contribution >= 0.6 is 0 Å². The molecule has 1 aromatic rings. The van der Waals surface area contributed by atoms with Crippen LogP contribution in [0.3, 0.4) is 0 Å². The number of nitrogens with one attached hydrogen (secondary N) is 1. The van der Waals surface area contributed by atoms with Crippen LogP contribution in [0.15, 0.2) is 46.9 Å². The van der Waals surface area contributed by atoms with E-state index in [1.54, 1.807) is 0 Å². The van der Waals surface area contributed by atoms with Crippen molar-refractivity contribution < 1.29 is 19.7 Å². The van der Waals surface area contributed by atoms with E-state index in [2.05, 4.69) is 5.32 Å². The quantitative estimate of drug-likeness (QED) is 0.641. The molecule has 0 aliphatic carbocycles. The van der Waals surface area contributed by atoms with Crippen molar-refractivity contribution in [3.05, 3.63) is 72.7 Å². The fraction of sp³-hybridized carbons (Fsp3) is 0.214. The molecule has 0 aromatic heterocycles. The number of aliphatic carboxylic acids is 1. The highest BCUT2D eigenvalue weighted by atomic mass is 16.6. The van der Waals surface area contributed by atoms with E-state index in [1.807, 2.05) is 0 Å². The first-order valence-corrected chi connectivity index (χ1v) is 6.54. The minimum absolute atomic E-state index is 0.184. The number of nitro benzene ring substituents is 1. The zero-order valence-corrected chi connectivity index (χ0v) is 12.3. The summed E-state index contributed by atoms with van der Waals surface area (Å²) in [5.74, 6) is -2.51. The largest absolute Gasteiger partial charge is 0.478 e. The molecule has 2 rings (SSSR count). The van der Waals surface area contributed by atoms with Crippen molar-refractivity contribution in [3.8, 4) is 0 Å². The predicted molar refractivity (Wildman–Crippen MR) is 79.0 cm³/mol. The second kappa shape index (κ2) is 5.87. The third-order valence-electron chi connectivity index (χ3n) is 3.57. The van der Waals surface area contributed by atoms with Crippen LogP contribution in [0.25, 0.3) is 0 Å². The van der Waals surface area contributed by atoms with Crippen molar-refractivity contribution >= 4 is 11.7 Å². The summed E-state index contributed by atoms with van der Waals surface area (Å²) in [5.41, 5.74) is -0.158. The molecule has 2 N–H and O–H groups in total. The van der Waals surface area contributed by atoms with E-state index in [0.717, 1.165) is 6.07 Å². The van der Waals surface area contributed by atoms with Crippen molar-refractivity contribution in [1.29, 1.82) is 0 Å². The van der Waals surface area contributed by atoms with Crippen LogP contribution in [-0.2, 0) is 4.79 Å². The fourth-order valence-corrected chi connectivity index (χ4v) is 2.65. The van der Waals surface area contributed by atoms with Gasteiger partial charge in [-0.3, -0.25) is 20.2 Å². The Morgan fingerprint density at radius 2 is 1.83 bits per heavy atom. The maximum Gasteiger partial charge on any atom is 0.334 e. The summed E-state index contributed by atoms with van der Waals surface area (Å²) in [6.45, 7) is 2.96. The van der Waals surface area contributed by atoms with E-state index in [1.165, 1.54) is 32.0 Å². The molecule has 9 heteroatoms. The molecule has 120 valence electrons. The Labute approximate surface area is 130 Å².